The lowest BCUT2D eigenvalue weighted by molar-refractivity contribution is 0.0725. The highest BCUT2D eigenvalue weighted by Crippen LogP contribution is 2.30. The minimum Gasteiger partial charge on any atom is -0.371 e. The molecular formula is C26H33N3O3S. The molecule has 2 heterocycles. The lowest BCUT2D eigenvalue weighted by Gasteiger charge is -2.35. The highest BCUT2D eigenvalue weighted by Gasteiger charge is 2.25. The highest BCUT2D eigenvalue weighted by molar-refractivity contribution is 7.95. The summed E-state index contributed by atoms with van der Waals surface area (Å²) in [6, 6.07) is 14.6. The van der Waals surface area contributed by atoms with Crippen LogP contribution in [0.4, 0.5) is 11.4 Å². The Morgan fingerprint density at radius 2 is 1.67 bits per heavy atom. The van der Waals surface area contributed by atoms with Gasteiger partial charge in [-0.25, -0.2) is 8.42 Å². The molecule has 1 amide bonds. The Morgan fingerprint density at radius 3 is 2.36 bits per heavy atom. The molecule has 0 aliphatic carbocycles. The maximum absolute atomic E-state index is 13.5. The first-order chi connectivity index (χ1) is 15.9. The minimum absolute atomic E-state index is 0.0100. The number of hydrogen-bond donors (Lipinski definition) is 1. The summed E-state index contributed by atoms with van der Waals surface area (Å²) in [6.45, 7) is 5.59. The molecule has 0 spiro atoms. The number of carbonyl (C=O) groups is 1. The second kappa shape index (κ2) is 10.4. The van der Waals surface area contributed by atoms with Crippen LogP contribution in [0.15, 0.2) is 53.9 Å². The van der Waals surface area contributed by atoms with Crippen LogP contribution < -0.4 is 9.62 Å². The van der Waals surface area contributed by atoms with Crippen LogP contribution in [0.5, 0.6) is 0 Å². The summed E-state index contributed by atoms with van der Waals surface area (Å²) in [5, 5.41) is 1.16. The lowest BCUT2D eigenvalue weighted by atomic mass is 9.97. The third-order valence-electron chi connectivity index (χ3n) is 6.49. The van der Waals surface area contributed by atoms with Crippen LogP contribution >= 0.6 is 0 Å². The van der Waals surface area contributed by atoms with Gasteiger partial charge in [-0.2, -0.15) is 0 Å². The van der Waals surface area contributed by atoms with Gasteiger partial charge in [0.1, 0.15) is 0 Å². The van der Waals surface area contributed by atoms with Crippen molar-refractivity contribution < 1.29 is 13.2 Å². The molecule has 2 fully saturated rings. The molecule has 0 saturated carbocycles. The van der Waals surface area contributed by atoms with E-state index in [1.54, 1.807) is 18.2 Å². The maximum Gasteiger partial charge on any atom is 0.256 e. The number of nitrogens with one attached hydrogen (secondary N) is 1. The van der Waals surface area contributed by atoms with Crippen LogP contribution in [0, 0.1) is 5.92 Å². The molecular weight excluding hydrogens is 434 g/mol. The number of amides is 1. The zero-order valence-corrected chi connectivity index (χ0v) is 20.1. The van der Waals surface area contributed by atoms with Crippen molar-refractivity contribution in [2.24, 2.45) is 5.92 Å². The van der Waals surface area contributed by atoms with E-state index in [4.69, 9.17) is 0 Å². The number of anilines is 2. The summed E-state index contributed by atoms with van der Waals surface area (Å²) in [5.74, 6) is 0.675. The standard InChI is InChI=1S/C26H33N3O3S/c1-21-12-17-28(18-13-21)25-11-10-23(20-24(25)26(30)29-15-6-3-7-16-29)27-33(31,32)19-14-22-8-4-2-5-9-22/h2,4-5,8-11,14,19-21,27H,3,6-7,12-13,15-18H2,1H3. The van der Waals surface area contributed by atoms with E-state index in [9.17, 15) is 13.2 Å². The maximum atomic E-state index is 13.5. The normalized spacial score (nSPS) is 18.0. The van der Waals surface area contributed by atoms with Crippen molar-refractivity contribution in [1.82, 2.24) is 4.90 Å². The van der Waals surface area contributed by atoms with Crippen molar-refractivity contribution in [1.29, 1.82) is 0 Å². The summed E-state index contributed by atoms with van der Waals surface area (Å²) in [4.78, 5) is 17.6. The minimum atomic E-state index is -3.71. The molecule has 0 atom stereocenters. The van der Waals surface area contributed by atoms with Gasteiger partial charge in [0.2, 0.25) is 0 Å². The highest BCUT2D eigenvalue weighted by atomic mass is 32.2. The second-order valence-electron chi connectivity index (χ2n) is 9.11. The summed E-state index contributed by atoms with van der Waals surface area (Å²) in [7, 11) is -3.71. The van der Waals surface area contributed by atoms with Crippen molar-refractivity contribution in [3.63, 3.8) is 0 Å². The van der Waals surface area contributed by atoms with Crippen molar-refractivity contribution in [2.45, 2.75) is 39.0 Å². The van der Waals surface area contributed by atoms with Gasteiger partial charge in [0.05, 0.1) is 11.0 Å². The molecule has 0 unspecified atom stereocenters. The number of benzene rings is 2. The van der Waals surface area contributed by atoms with Crippen molar-refractivity contribution in [3.8, 4) is 0 Å². The largest absolute Gasteiger partial charge is 0.371 e. The summed E-state index contributed by atoms with van der Waals surface area (Å²) >= 11 is 0. The molecule has 0 bridgehead atoms. The van der Waals surface area contributed by atoms with Gasteiger partial charge in [-0.05, 0) is 67.9 Å². The first-order valence-electron chi connectivity index (χ1n) is 11.9. The summed E-state index contributed by atoms with van der Waals surface area (Å²) in [6.07, 6.45) is 6.92. The van der Waals surface area contributed by atoms with E-state index < -0.39 is 10.0 Å². The molecule has 0 radical (unpaired) electrons. The van der Waals surface area contributed by atoms with Gasteiger partial charge in [-0.1, -0.05) is 37.3 Å². The molecule has 2 saturated heterocycles. The number of hydrogen-bond acceptors (Lipinski definition) is 4. The Hall–Kier alpha value is -2.80. The first kappa shape index (κ1) is 23.4. The quantitative estimate of drug-likeness (QED) is 0.652. The van der Waals surface area contributed by atoms with Crippen LogP contribution in [0.1, 0.15) is 54.9 Å². The fraction of sp³-hybridized carbons (Fsp3) is 0.423. The predicted octanol–water partition coefficient (Wildman–Crippen LogP) is 4.96. The van der Waals surface area contributed by atoms with Gasteiger partial charge in [0.15, 0.2) is 0 Å². The monoisotopic (exact) mass is 467 g/mol. The molecule has 2 aliphatic rings. The van der Waals surface area contributed by atoms with Crippen molar-refractivity contribution in [3.05, 3.63) is 65.1 Å². The number of carbonyl (C=O) groups excluding carboxylic acids is 1. The van der Waals surface area contributed by atoms with Crippen molar-refractivity contribution >= 4 is 33.4 Å². The van der Waals surface area contributed by atoms with Crippen molar-refractivity contribution in [2.75, 3.05) is 35.8 Å². The smallest absolute Gasteiger partial charge is 0.256 e. The number of likely N-dealkylation sites (tertiary alicyclic amines) is 1. The third kappa shape index (κ3) is 6.16. The van der Waals surface area contributed by atoms with Crippen LogP contribution in [0.25, 0.3) is 6.08 Å². The number of nitrogens with zero attached hydrogens (tertiary/aromatic N) is 2. The van der Waals surface area contributed by atoms with Gasteiger partial charge in [-0.3, -0.25) is 9.52 Å². The van der Waals surface area contributed by atoms with Crippen LogP contribution in [-0.2, 0) is 10.0 Å². The first-order valence-corrected chi connectivity index (χ1v) is 13.4. The van der Waals surface area contributed by atoms with Crippen LogP contribution in [0.3, 0.4) is 0 Å². The average molecular weight is 468 g/mol. The Labute approximate surface area is 197 Å². The Bertz CT molecular complexity index is 1090. The second-order valence-corrected chi connectivity index (χ2v) is 10.7. The van der Waals surface area contributed by atoms with E-state index in [1.807, 2.05) is 41.3 Å². The van der Waals surface area contributed by atoms with E-state index in [0.717, 1.165) is 74.9 Å². The Kier molecular flexibility index (Phi) is 7.38. The van der Waals surface area contributed by atoms with E-state index in [-0.39, 0.29) is 5.91 Å². The Morgan fingerprint density at radius 1 is 0.970 bits per heavy atom. The fourth-order valence-electron chi connectivity index (χ4n) is 4.49. The van der Waals surface area contributed by atoms with Gasteiger partial charge in [0.25, 0.3) is 15.9 Å². The average Bonchev–Trinajstić information content (AvgIpc) is 2.84. The third-order valence-corrected chi connectivity index (χ3v) is 7.51. The zero-order chi connectivity index (χ0) is 23.3. The van der Waals surface area contributed by atoms with Gasteiger partial charge in [0, 0.05) is 37.6 Å². The van der Waals surface area contributed by atoms with Crippen LogP contribution in [-0.4, -0.2) is 45.4 Å². The molecule has 7 heteroatoms. The Balaban J connectivity index is 1.59. The molecule has 2 aromatic rings. The van der Waals surface area contributed by atoms with Gasteiger partial charge >= 0.3 is 0 Å². The topological polar surface area (TPSA) is 69.7 Å². The van der Waals surface area contributed by atoms with Gasteiger partial charge < -0.3 is 9.80 Å². The molecule has 2 aromatic carbocycles. The molecule has 33 heavy (non-hydrogen) atoms. The molecule has 2 aliphatic heterocycles. The number of piperidine rings is 2. The lowest BCUT2D eigenvalue weighted by Crippen LogP contribution is -2.38. The SMILES string of the molecule is CC1CCN(c2ccc(NS(=O)(=O)C=Cc3ccccc3)cc2C(=O)N2CCCCC2)CC1. The molecule has 1 N–H and O–H groups in total. The zero-order valence-electron chi connectivity index (χ0n) is 19.2. The molecule has 176 valence electrons. The number of rotatable bonds is 6. The summed E-state index contributed by atoms with van der Waals surface area (Å²) in [5.41, 5.74) is 2.69. The predicted molar refractivity (Wildman–Crippen MR) is 135 cm³/mol. The van der Waals surface area contributed by atoms with E-state index in [2.05, 4.69) is 16.5 Å². The molecule has 4 rings (SSSR count). The van der Waals surface area contributed by atoms with E-state index in [1.165, 1.54) is 0 Å². The van der Waals surface area contributed by atoms with E-state index >= 15 is 0 Å². The van der Waals surface area contributed by atoms with Gasteiger partial charge in [-0.15, -0.1) is 0 Å². The summed E-state index contributed by atoms with van der Waals surface area (Å²) < 4.78 is 28.0. The van der Waals surface area contributed by atoms with E-state index in [0.29, 0.717) is 17.2 Å². The fourth-order valence-corrected chi connectivity index (χ4v) is 5.35. The molecule has 0 aromatic heterocycles. The van der Waals surface area contributed by atoms with Crippen LogP contribution in [0.2, 0.25) is 0 Å². The molecule has 6 nitrogen and oxygen atoms in total. The number of sulfonamides is 1.